The molecule has 0 saturated carbocycles. The van der Waals surface area contributed by atoms with E-state index in [0.29, 0.717) is 22.9 Å². The summed E-state index contributed by atoms with van der Waals surface area (Å²) in [5.74, 6) is 1.09. The van der Waals surface area contributed by atoms with Crippen molar-refractivity contribution in [1.82, 2.24) is 10.3 Å². The van der Waals surface area contributed by atoms with Crippen LogP contribution in [0.1, 0.15) is 21.8 Å². The number of carbonyl (C=O) groups excluding carboxylic acids is 2. The molecule has 4 rings (SSSR count). The fraction of sp³-hybridized carbons (Fsp3) is 0.0800. The van der Waals surface area contributed by atoms with Crippen molar-refractivity contribution in [2.75, 3.05) is 12.4 Å². The van der Waals surface area contributed by atoms with Gasteiger partial charge in [0.15, 0.2) is 0 Å². The van der Waals surface area contributed by atoms with Gasteiger partial charge in [0.1, 0.15) is 28.5 Å². The number of hydrogen-bond acceptors (Lipinski definition) is 5. The van der Waals surface area contributed by atoms with Crippen LogP contribution in [0, 0.1) is 6.92 Å². The number of aromatic nitrogens is 1. The summed E-state index contributed by atoms with van der Waals surface area (Å²) in [6.45, 7) is 1.98. The number of anilines is 1. The maximum absolute atomic E-state index is 12.3. The summed E-state index contributed by atoms with van der Waals surface area (Å²) in [6.07, 6.45) is 4.57. The van der Waals surface area contributed by atoms with Gasteiger partial charge in [-0.3, -0.25) is 14.6 Å². The van der Waals surface area contributed by atoms with E-state index in [2.05, 4.69) is 15.6 Å². The zero-order valence-electron chi connectivity index (χ0n) is 17.6. The lowest BCUT2D eigenvalue weighted by atomic mass is 10.2. The highest BCUT2D eigenvalue weighted by atomic mass is 16.5. The van der Waals surface area contributed by atoms with E-state index >= 15 is 0 Å². The number of nitrogens with zero attached hydrogens (tertiary/aromatic N) is 1. The van der Waals surface area contributed by atoms with Gasteiger partial charge in [0.05, 0.1) is 0 Å². The lowest BCUT2D eigenvalue weighted by Crippen LogP contribution is -2.18. The van der Waals surface area contributed by atoms with Crippen LogP contribution in [0.4, 0.5) is 5.69 Å². The summed E-state index contributed by atoms with van der Waals surface area (Å²) < 4.78 is 11.5. The number of benzene rings is 2. The number of aryl methyl sites for hydroxylation is 1. The Balaban J connectivity index is 1.37. The molecule has 0 aliphatic rings. The number of hydrogen-bond donors (Lipinski definition) is 2. The molecule has 32 heavy (non-hydrogen) atoms. The molecule has 0 spiro atoms. The second-order valence-electron chi connectivity index (χ2n) is 7.05. The third-order valence-electron chi connectivity index (χ3n) is 4.71. The molecule has 4 aromatic rings. The van der Waals surface area contributed by atoms with Gasteiger partial charge in [0.25, 0.3) is 5.91 Å². The van der Waals surface area contributed by atoms with Crippen molar-refractivity contribution in [3.63, 3.8) is 0 Å². The quantitative estimate of drug-likeness (QED) is 0.425. The minimum Gasteiger partial charge on any atom is -0.457 e. The first-order valence-electron chi connectivity index (χ1n) is 9.96. The Morgan fingerprint density at radius 1 is 1.03 bits per heavy atom. The van der Waals surface area contributed by atoms with Crippen molar-refractivity contribution in [3.05, 3.63) is 90.0 Å². The second kappa shape index (κ2) is 9.18. The minimum atomic E-state index is -0.292. The van der Waals surface area contributed by atoms with Crippen LogP contribution in [0.25, 0.3) is 17.0 Å². The first-order valence-corrected chi connectivity index (χ1v) is 9.96. The van der Waals surface area contributed by atoms with Gasteiger partial charge in [0.2, 0.25) is 5.91 Å². The molecule has 0 aliphatic carbocycles. The highest BCUT2D eigenvalue weighted by Crippen LogP contribution is 2.24. The average Bonchev–Trinajstić information content (AvgIpc) is 3.23. The van der Waals surface area contributed by atoms with Crippen molar-refractivity contribution in [1.29, 1.82) is 0 Å². The number of amides is 2. The summed E-state index contributed by atoms with van der Waals surface area (Å²) in [5, 5.41) is 6.31. The largest absolute Gasteiger partial charge is 0.457 e. The molecule has 2 N–H and O–H groups in total. The Labute approximate surface area is 184 Å². The SMILES string of the molecule is CNC(=O)c1cc(Oc2ccc(NC(=O)/C=C/c3cc4cccc(C)c4o3)cc2)ccn1. The summed E-state index contributed by atoms with van der Waals surface area (Å²) in [7, 11) is 1.54. The van der Waals surface area contributed by atoms with E-state index in [0.717, 1.165) is 16.5 Å². The Hall–Kier alpha value is -4.39. The first kappa shape index (κ1) is 20.9. The van der Waals surface area contributed by atoms with E-state index in [4.69, 9.17) is 9.15 Å². The number of nitrogens with one attached hydrogen (secondary N) is 2. The normalized spacial score (nSPS) is 10.9. The third-order valence-corrected chi connectivity index (χ3v) is 4.71. The number of fused-ring (bicyclic) bond motifs is 1. The van der Waals surface area contributed by atoms with E-state index in [1.807, 2.05) is 31.2 Å². The number of ether oxygens (including phenoxy) is 1. The Kier molecular flexibility index (Phi) is 5.98. The van der Waals surface area contributed by atoms with Crippen LogP contribution in [-0.2, 0) is 4.79 Å². The monoisotopic (exact) mass is 427 g/mol. The van der Waals surface area contributed by atoms with E-state index in [9.17, 15) is 9.59 Å². The number of furan rings is 1. The Morgan fingerprint density at radius 3 is 2.59 bits per heavy atom. The van der Waals surface area contributed by atoms with Gasteiger partial charge in [-0.25, -0.2) is 0 Å². The molecule has 2 amide bonds. The van der Waals surface area contributed by atoms with Crippen LogP contribution < -0.4 is 15.4 Å². The third kappa shape index (κ3) is 4.84. The van der Waals surface area contributed by atoms with Gasteiger partial charge in [-0.15, -0.1) is 0 Å². The second-order valence-corrected chi connectivity index (χ2v) is 7.05. The highest BCUT2D eigenvalue weighted by Gasteiger charge is 2.07. The Bertz CT molecular complexity index is 1310. The van der Waals surface area contributed by atoms with Crippen molar-refractivity contribution in [3.8, 4) is 11.5 Å². The summed E-state index contributed by atoms with van der Waals surface area (Å²) in [5.41, 5.74) is 2.75. The molecule has 0 aliphatic heterocycles. The maximum atomic E-state index is 12.3. The average molecular weight is 427 g/mol. The Morgan fingerprint density at radius 2 is 1.84 bits per heavy atom. The van der Waals surface area contributed by atoms with E-state index < -0.39 is 0 Å². The number of carbonyl (C=O) groups is 2. The van der Waals surface area contributed by atoms with Crippen molar-refractivity contribution in [2.24, 2.45) is 0 Å². The molecule has 160 valence electrons. The van der Waals surface area contributed by atoms with Crippen LogP contribution >= 0.6 is 0 Å². The molecule has 7 heteroatoms. The smallest absolute Gasteiger partial charge is 0.269 e. The standard InChI is InChI=1S/C25H21N3O4/c1-16-4-3-5-17-14-20(32-24(16)17)10-11-23(29)28-18-6-8-19(9-7-18)31-21-12-13-27-22(15-21)25(30)26-2/h3-15H,1-2H3,(H,26,30)(H,28,29)/b11-10+. The molecule has 2 aromatic carbocycles. The van der Waals surface area contributed by atoms with Gasteiger partial charge >= 0.3 is 0 Å². The van der Waals surface area contributed by atoms with Crippen LogP contribution in [0.2, 0.25) is 0 Å². The number of rotatable bonds is 6. The van der Waals surface area contributed by atoms with Crippen LogP contribution in [-0.4, -0.2) is 23.8 Å². The van der Waals surface area contributed by atoms with Crippen molar-refractivity contribution in [2.45, 2.75) is 6.92 Å². The van der Waals surface area contributed by atoms with Gasteiger partial charge in [-0.05, 0) is 55.0 Å². The molecule has 2 heterocycles. The van der Waals surface area contributed by atoms with Crippen LogP contribution in [0.3, 0.4) is 0 Å². The zero-order chi connectivity index (χ0) is 22.5. The lowest BCUT2D eigenvalue weighted by molar-refractivity contribution is -0.111. The molecule has 0 fully saturated rings. The molecular weight excluding hydrogens is 406 g/mol. The van der Waals surface area contributed by atoms with Crippen LogP contribution in [0.5, 0.6) is 11.5 Å². The summed E-state index contributed by atoms with van der Waals surface area (Å²) >= 11 is 0. The van der Waals surface area contributed by atoms with Crippen molar-refractivity contribution >= 4 is 34.5 Å². The first-order chi connectivity index (χ1) is 15.5. The minimum absolute atomic E-state index is 0.264. The molecule has 0 bridgehead atoms. The molecule has 0 saturated heterocycles. The molecule has 0 atom stereocenters. The predicted molar refractivity (Wildman–Crippen MR) is 123 cm³/mol. The summed E-state index contributed by atoms with van der Waals surface area (Å²) in [4.78, 5) is 27.9. The zero-order valence-corrected chi connectivity index (χ0v) is 17.6. The fourth-order valence-corrected chi connectivity index (χ4v) is 3.12. The van der Waals surface area contributed by atoms with E-state index in [1.165, 1.54) is 19.3 Å². The topological polar surface area (TPSA) is 93.5 Å². The highest BCUT2D eigenvalue weighted by molar-refractivity contribution is 6.02. The molecule has 7 nitrogen and oxygen atoms in total. The molecule has 2 aromatic heterocycles. The van der Waals surface area contributed by atoms with Crippen molar-refractivity contribution < 1.29 is 18.7 Å². The predicted octanol–water partition coefficient (Wildman–Crippen LogP) is 4.94. The fourth-order valence-electron chi connectivity index (χ4n) is 3.12. The van der Waals surface area contributed by atoms with Gasteiger partial charge in [-0.1, -0.05) is 18.2 Å². The van der Waals surface area contributed by atoms with Gasteiger partial charge in [0, 0.05) is 36.5 Å². The van der Waals surface area contributed by atoms with Gasteiger partial charge < -0.3 is 19.8 Å². The molecular formula is C25H21N3O4. The molecule has 0 unspecified atom stereocenters. The van der Waals surface area contributed by atoms with E-state index in [-0.39, 0.29) is 17.5 Å². The van der Waals surface area contributed by atoms with E-state index in [1.54, 1.807) is 42.5 Å². The van der Waals surface area contributed by atoms with Crippen LogP contribution in [0.15, 0.2) is 77.4 Å². The van der Waals surface area contributed by atoms with Gasteiger partial charge in [-0.2, -0.15) is 0 Å². The number of para-hydroxylation sites is 1. The maximum Gasteiger partial charge on any atom is 0.269 e. The lowest BCUT2D eigenvalue weighted by Gasteiger charge is -2.08. The summed E-state index contributed by atoms with van der Waals surface area (Å²) in [6, 6.07) is 17.9. The number of pyridine rings is 1. The molecule has 0 radical (unpaired) electrons.